The van der Waals surface area contributed by atoms with E-state index >= 15 is 0 Å². The van der Waals surface area contributed by atoms with Gasteiger partial charge in [-0.1, -0.05) is 0 Å². The molecule has 0 aliphatic carbocycles. The normalized spacial score (nSPS) is 118. The van der Waals surface area contributed by atoms with E-state index in [1.807, 2.05) is 0 Å². The summed E-state index contributed by atoms with van der Waals surface area (Å²) in [5.41, 5.74) is 0. The Kier molecular flexibility index (Phi) is 0.550. The molecule has 0 atom stereocenters. The van der Waals surface area contributed by atoms with Gasteiger partial charge >= 0.3 is 51.1 Å². The summed E-state index contributed by atoms with van der Waals surface area (Å²) in [6, 6.07) is 0. The van der Waals surface area contributed by atoms with Gasteiger partial charge in [0.05, 0.1) is 0 Å². The molecule has 0 saturated carbocycles. The average molecular weight is 348 g/mol. The van der Waals surface area contributed by atoms with Crippen molar-refractivity contribution in [3.63, 3.8) is 0 Å². The molecule has 0 bridgehead atoms. The minimum atomic E-state index is -2.63. The van der Waals surface area contributed by atoms with Crippen LogP contribution in [0.25, 0.3) is 0 Å². The zero-order valence-corrected chi connectivity index (χ0v) is 15.3. The first-order valence-corrected chi connectivity index (χ1v) is 15.2. The van der Waals surface area contributed by atoms with Crippen LogP contribution in [0.15, 0.2) is 0 Å². The molecular weight excluding hydrogens is 328 g/mol. The second-order valence-electron chi connectivity index (χ2n) is 12.8. The molecule has 0 aromatic heterocycles. The van der Waals surface area contributed by atoms with E-state index in [0.29, 0.717) is 0 Å². The van der Waals surface area contributed by atoms with Gasteiger partial charge in [-0.3, -0.25) is 0 Å². The number of rotatable bonds is 0. The van der Waals surface area contributed by atoms with Crippen molar-refractivity contribution in [2.24, 2.45) is 0 Å². The fraction of sp³-hybridized carbons (Fsp3) is 1.00. The van der Waals surface area contributed by atoms with E-state index < -0.39 is 8.89 Å². The first-order valence-electron chi connectivity index (χ1n) is 6.22. The number of fused-ring (bicyclic) bond motifs is 10. The van der Waals surface area contributed by atoms with E-state index in [-0.39, 0.29) is 67.5 Å². The van der Waals surface area contributed by atoms with Crippen LogP contribution in [0.5, 0.6) is 0 Å². The van der Waals surface area contributed by atoms with Crippen molar-refractivity contribution in [2.75, 3.05) is 0 Å². The summed E-state index contributed by atoms with van der Waals surface area (Å²) in [4.78, 5) is 0. The topological polar surface area (TPSA) is 0 Å². The third kappa shape index (κ3) is 0.0961. The summed E-state index contributed by atoms with van der Waals surface area (Å²) < 4.78 is 16.2. The summed E-state index contributed by atoms with van der Waals surface area (Å²) in [6.07, 6.45) is 0. The summed E-state index contributed by atoms with van der Waals surface area (Å²) in [7, 11) is -2.63. The molecule has 16 heavy (non-hydrogen) atoms. The SMILES string of the molecule is S.S.S.S.S.[CH]12[CH]3[CH]4[CH]5[CH]1[Ti]23451678[CH]2[CH]1[CH]6[CH]7[CH]28. The van der Waals surface area contributed by atoms with Crippen LogP contribution in [0.4, 0.5) is 0 Å². The number of hydrogen-bond donors (Lipinski definition) is 0. The maximum atomic E-state index is 1.62. The Morgan fingerprint density at radius 3 is 0.438 bits per heavy atom. The van der Waals surface area contributed by atoms with E-state index in [9.17, 15) is 0 Å². The first kappa shape index (κ1) is 11.2. The van der Waals surface area contributed by atoms with Crippen LogP contribution >= 0.6 is 67.5 Å². The van der Waals surface area contributed by atoms with E-state index in [2.05, 4.69) is 0 Å². The van der Waals surface area contributed by atoms with Crippen LogP contribution in [-0.4, -0.2) is 0 Å². The summed E-state index contributed by atoms with van der Waals surface area (Å²) in [5, 5.41) is 0. The molecule has 0 nitrogen and oxygen atoms in total. The summed E-state index contributed by atoms with van der Waals surface area (Å²) in [6.45, 7) is 0. The monoisotopic (exact) mass is 348 g/mol. The molecule has 10 aliphatic rings. The molecular formula is C10H20S5Ti. The van der Waals surface area contributed by atoms with Crippen molar-refractivity contribution >= 4 is 67.5 Å². The van der Waals surface area contributed by atoms with E-state index in [1.54, 1.807) is 42.2 Å². The Morgan fingerprint density at radius 2 is 0.438 bits per heavy atom. The van der Waals surface area contributed by atoms with Gasteiger partial charge in [0.25, 0.3) is 0 Å². The number of hydrogen-bond acceptors (Lipinski definition) is 0. The molecule has 0 aromatic carbocycles. The Bertz CT molecular complexity index is 587. The zero-order chi connectivity index (χ0) is 6.09. The average Bonchev–Trinajstić information content (AvgIpc) is 3.01. The molecule has 6 heteroatoms. The molecule has 10 heterocycles. The quantitative estimate of drug-likeness (QED) is 0.582. The van der Waals surface area contributed by atoms with Crippen LogP contribution in [0.1, 0.15) is 0 Å². The Hall–Kier alpha value is 2.46. The summed E-state index contributed by atoms with van der Waals surface area (Å²) in [5.74, 6) is 0. The fourth-order valence-electron chi connectivity index (χ4n) is 23.2. The third-order valence-corrected chi connectivity index (χ3v) is 79.4. The molecule has 10 fully saturated rings. The van der Waals surface area contributed by atoms with Gasteiger partial charge in [-0.05, 0) is 0 Å². The fourth-order valence-corrected chi connectivity index (χ4v) is 143. The van der Waals surface area contributed by atoms with Gasteiger partial charge in [0.1, 0.15) is 0 Å². The zero-order valence-electron chi connectivity index (χ0n) is 8.77. The van der Waals surface area contributed by atoms with Gasteiger partial charge in [-0.15, -0.1) is 0 Å². The predicted octanol–water partition coefficient (Wildman–Crippen LogP) is 3.94. The molecule has 0 radical (unpaired) electrons. The predicted molar refractivity (Wildman–Crippen MR) is 89.4 cm³/mol. The van der Waals surface area contributed by atoms with Crippen LogP contribution in [0.3, 0.4) is 0 Å². The molecule has 0 N–H and O–H groups in total. The van der Waals surface area contributed by atoms with Crippen molar-refractivity contribution in [1.29, 1.82) is 0 Å². The molecule has 0 amide bonds. The van der Waals surface area contributed by atoms with E-state index in [1.165, 1.54) is 0 Å². The van der Waals surface area contributed by atoms with E-state index in [0.717, 1.165) is 0 Å². The first-order chi connectivity index (χ1) is 5.16. The van der Waals surface area contributed by atoms with Gasteiger partial charge in [0, 0.05) is 0 Å². The molecule has 10 saturated heterocycles. The van der Waals surface area contributed by atoms with Gasteiger partial charge in [-0.2, -0.15) is 67.5 Å². The standard InChI is InChI=1S/2C5H5.5H2S.Ti/c2*1-2-4-5-3-1;;;;;;/h2*1-5H;5*1H2;. The van der Waals surface area contributed by atoms with Gasteiger partial charge in [0.15, 0.2) is 0 Å². The van der Waals surface area contributed by atoms with Crippen molar-refractivity contribution in [3.05, 3.63) is 0 Å². The van der Waals surface area contributed by atoms with Crippen molar-refractivity contribution in [2.45, 2.75) is 42.2 Å². The van der Waals surface area contributed by atoms with Crippen molar-refractivity contribution in [3.8, 4) is 0 Å². The van der Waals surface area contributed by atoms with Gasteiger partial charge in [0.2, 0.25) is 0 Å². The Balaban J connectivity index is 0.000000133. The minimum absolute atomic E-state index is 0. The van der Waals surface area contributed by atoms with Crippen molar-refractivity contribution < 1.29 is 8.89 Å². The van der Waals surface area contributed by atoms with Gasteiger partial charge in [-0.25, -0.2) is 0 Å². The molecule has 10 aliphatic heterocycles. The molecule has 1 spiro atoms. The third-order valence-electron chi connectivity index (χ3n) is 20.1. The maximum absolute atomic E-state index is 2.63. The Morgan fingerprint density at radius 1 is 0.312 bits per heavy atom. The van der Waals surface area contributed by atoms with E-state index in [4.69, 9.17) is 0 Å². The van der Waals surface area contributed by atoms with Crippen molar-refractivity contribution in [1.82, 2.24) is 0 Å². The second kappa shape index (κ2) is 0.789. The van der Waals surface area contributed by atoms with Crippen LogP contribution in [0, 0.1) is 0 Å². The molecule has 94 valence electrons. The summed E-state index contributed by atoms with van der Waals surface area (Å²) >= 11 is 0. The Labute approximate surface area is 117 Å². The molecule has 0 aromatic rings. The van der Waals surface area contributed by atoms with Crippen LogP contribution < -0.4 is 0 Å². The second-order valence-corrected chi connectivity index (χ2v) is 46.6. The van der Waals surface area contributed by atoms with Crippen LogP contribution in [0.2, 0.25) is 42.2 Å². The van der Waals surface area contributed by atoms with Crippen LogP contribution in [-0.2, 0) is 8.89 Å². The van der Waals surface area contributed by atoms with Gasteiger partial charge < -0.3 is 0 Å². The molecule has 10 rings (SSSR count). The molecule has 0 unspecified atom stereocenters.